The van der Waals surface area contributed by atoms with E-state index < -0.39 is 21.7 Å². The van der Waals surface area contributed by atoms with Crippen molar-refractivity contribution in [2.75, 3.05) is 25.5 Å². The molecule has 1 amide bonds. The molecule has 9 heteroatoms. The van der Waals surface area contributed by atoms with Crippen molar-refractivity contribution in [3.63, 3.8) is 0 Å². The van der Waals surface area contributed by atoms with Crippen molar-refractivity contribution < 1.29 is 22.3 Å². The van der Waals surface area contributed by atoms with Crippen LogP contribution in [-0.4, -0.2) is 38.8 Å². The number of piperidine rings is 1. The molecular formula is C19H20ClFN2O4S. The van der Waals surface area contributed by atoms with Crippen LogP contribution in [-0.2, 0) is 10.0 Å². The molecule has 1 aliphatic heterocycles. The second-order valence-corrected chi connectivity index (χ2v) is 8.69. The summed E-state index contributed by atoms with van der Waals surface area (Å²) in [5.74, 6) is -1.36. The van der Waals surface area contributed by atoms with Crippen LogP contribution < -0.4 is 10.1 Å². The van der Waals surface area contributed by atoms with Gasteiger partial charge >= 0.3 is 0 Å². The summed E-state index contributed by atoms with van der Waals surface area (Å²) < 4.78 is 46.7. The molecule has 1 aliphatic rings. The van der Waals surface area contributed by atoms with Crippen molar-refractivity contribution in [3.8, 4) is 5.75 Å². The van der Waals surface area contributed by atoms with Gasteiger partial charge in [0, 0.05) is 18.8 Å². The van der Waals surface area contributed by atoms with Crippen molar-refractivity contribution in [1.29, 1.82) is 0 Å². The Morgan fingerprint density at radius 2 is 1.89 bits per heavy atom. The largest absolute Gasteiger partial charge is 0.495 e. The highest BCUT2D eigenvalue weighted by Gasteiger charge is 2.29. The van der Waals surface area contributed by atoms with Gasteiger partial charge in [0.25, 0.3) is 5.91 Å². The van der Waals surface area contributed by atoms with Crippen LogP contribution >= 0.6 is 11.6 Å². The fourth-order valence-corrected chi connectivity index (χ4v) is 5.06. The average molecular weight is 427 g/mol. The molecule has 1 saturated heterocycles. The highest BCUT2D eigenvalue weighted by molar-refractivity contribution is 7.89. The van der Waals surface area contributed by atoms with Gasteiger partial charge in [-0.2, -0.15) is 4.31 Å². The average Bonchev–Trinajstić information content (AvgIpc) is 2.68. The predicted molar refractivity (Wildman–Crippen MR) is 105 cm³/mol. The molecule has 0 unspecified atom stereocenters. The minimum absolute atomic E-state index is 0.0350. The molecule has 0 saturated carbocycles. The van der Waals surface area contributed by atoms with Crippen LogP contribution in [0.25, 0.3) is 0 Å². The lowest BCUT2D eigenvalue weighted by atomic mass is 10.2. The third-order valence-electron chi connectivity index (χ3n) is 4.54. The Labute approximate surface area is 168 Å². The fourth-order valence-electron chi connectivity index (χ4n) is 3.11. The Balaban J connectivity index is 1.94. The Kier molecular flexibility index (Phi) is 6.22. The number of anilines is 1. The van der Waals surface area contributed by atoms with E-state index in [0.717, 1.165) is 25.3 Å². The van der Waals surface area contributed by atoms with Gasteiger partial charge in [0.15, 0.2) is 0 Å². The number of nitrogens with one attached hydrogen (secondary N) is 1. The van der Waals surface area contributed by atoms with Gasteiger partial charge in [-0.3, -0.25) is 4.79 Å². The molecule has 0 radical (unpaired) electrons. The Morgan fingerprint density at radius 3 is 2.54 bits per heavy atom. The molecule has 0 spiro atoms. The first-order chi connectivity index (χ1) is 13.3. The van der Waals surface area contributed by atoms with Gasteiger partial charge in [-0.25, -0.2) is 12.8 Å². The van der Waals surface area contributed by atoms with E-state index in [9.17, 15) is 17.6 Å². The maximum Gasteiger partial charge on any atom is 0.260 e. The second kappa shape index (κ2) is 8.46. The van der Waals surface area contributed by atoms with Crippen LogP contribution in [0, 0.1) is 5.82 Å². The van der Waals surface area contributed by atoms with Crippen molar-refractivity contribution in [3.05, 3.63) is 52.8 Å². The van der Waals surface area contributed by atoms with Crippen LogP contribution in [0.3, 0.4) is 0 Å². The number of rotatable bonds is 5. The van der Waals surface area contributed by atoms with Crippen LogP contribution in [0.2, 0.25) is 5.02 Å². The van der Waals surface area contributed by atoms with Crippen LogP contribution in [0.4, 0.5) is 10.1 Å². The monoisotopic (exact) mass is 426 g/mol. The molecule has 150 valence electrons. The summed E-state index contributed by atoms with van der Waals surface area (Å²) in [7, 11) is -2.41. The third kappa shape index (κ3) is 4.14. The van der Waals surface area contributed by atoms with Crippen LogP contribution in [0.1, 0.15) is 29.6 Å². The molecule has 3 rings (SSSR count). The highest BCUT2D eigenvalue weighted by atomic mass is 35.5. The Morgan fingerprint density at radius 1 is 1.18 bits per heavy atom. The van der Waals surface area contributed by atoms with Crippen LogP contribution in [0.5, 0.6) is 5.75 Å². The Hall–Kier alpha value is -2.16. The zero-order valence-electron chi connectivity index (χ0n) is 15.2. The number of carbonyl (C=O) groups is 1. The number of amides is 1. The lowest BCUT2D eigenvalue weighted by molar-refractivity contribution is 0.102. The lowest BCUT2D eigenvalue weighted by Gasteiger charge is -2.26. The number of ether oxygens (including phenoxy) is 1. The van der Waals surface area contributed by atoms with Gasteiger partial charge in [0.1, 0.15) is 16.5 Å². The number of sulfonamides is 1. The van der Waals surface area contributed by atoms with Crippen molar-refractivity contribution in [2.45, 2.75) is 24.2 Å². The zero-order chi connectivity index (χ0) is 20.3. The molecule has 1 N–H and O–H groups in total. The molecule has 0 aromatic heterocycles. The molecule has 2 aromatic rings. The number of methoxy groups -OCH3 is 1. The fraction of sp³-hybridized carbons (Fsp3) is 0.316. The molecule has 2 aromatic carbocycles. The van der Waals surface area contributed by atoms with E-state index in [1.165, 1.54) is 41.7 Å². The Bertz CT molecular complexity index is 971. The first-order valence-electron chi connectivity index (χ1n) is 8.78. The SMILES string of the molecule is COc1ccc(NC(=O)c2c(F)cccc2Cl)cc1S(=O)(=O)N1CCCCC1. The summed E-state index contributed by atoms with van der Waals surface area (Å²) >= 11 is 5.92. The van der Waals surface area contributed by atoms with Crippen molar-refractivity contribution in [1.82, 2.24) is 4.31 Å². The van der Waals surface area contributed by atoms with Gasteiger partial charge in [-0.05, 0) is 43.2 Å². The molecule has 0 bridgehead atoms. The van der Waals surface area contributed by atoms with Gasteiger partial charge in [0.05, 0.1) is 17.7 Å². The van der Waals surface area contributed by atoms with E-state index in [-0.39, 0.29) is 26.9 Å². The van der Waals surface area contributed by atoms with E-state index in [2.05, 4.69) is 5.32 Å². The van der Waals surface area contributed by atoms with E-state index in [0.29, 0.717) is 13.1 Å². The van der Waals surface area contributed by atoms with E-state index in [1.54, 1.807) is 0 Å². The predicted octanol–water partition coefficient (Wildman–Crippen LogP) is 3.91. The first kappa shape index (κ1) is 20.6. The smallest absolute Gasteiger partial charge is 0.260 e. The molecule has 6 nitrogen and oxygen atoms in total. The number of nitrogens with zero attached hydrogens (tertiary/aromatic N) is 1. The third-order valence-corrected chi connectivity index (χ3v) is 6.78. The van der Waals surface area contributed by atoms with E-state index >= 15 is 0 Å². The van der Waals surface area contributed by atoms with E-state index in [4.69, 9.17) is 16.3 Å². The number of hydrogen-bond donors (Lipinski definition) is 1. The molecule has 1 heterocycles. The van der Waals surface area contributed by atoms with Gasteiger partial charge in [0.2, 0.25) is 10.0 Å². The summed E-state index contributed by atoms with van der Waals surface area (Å²) in [6, 6.07) is 8.18. The lowest BCUT2D eigenvalue weighted by Crippen LogP contribution is -2.35. The maximum atomic E-state index is 14.0. The van der Waals surface area contributed by atoms with Crippen LogP contribution in [0.15, 0.2) is 41.3 Å². The molecule has 0 atom stereocenters. The topological polar surface area (TPSA) is 75.7 Å². The number of halogens is 2. The van der Waals surface area contributed by atoms with Crippen molar-refractivity contribution >= 4 is 33.2 Å². The minimum atomic E-state index is -3.79. The normalized spacial score (nSPS) is 15.2. The summed E-state index contributed by atoms with van der Waals surface area (Å²) in [4.78, 5) is 12.4. The van der Waals surface area contributed by atoms with E-state index in [1.807, 2.05) is 0 Å². The quantitative estimate of drug-likeness (QED) is 0.786. The molecule has 0 aliphatic carbocycles. The number of benzene rings is 2. The summed E-state index contributed by atoms with van der Waals surface area (Å²) in [6.45, 7) is 0.875. The first-order valence-corrected chi connectivity index (χ1v) is 10.6. The standard InChI is InChI=1S/C19H20ClFN2O4S/c1-27-16-9-8-13(22-19(24)18-14(20)6-5-7-15(18)21)12-17(16)28(25,26)23-10-3-2-4-11-23/h5-9,12H,2-4,10-11H2,1H3,(H,22,24). The summed E-state index contributed by atoms with van der Waals surface area (Å²) in [5.41, 5.74) is -0.110. The minimum Gasteiger partial charge on any atom is -0.495 e. The van der Waals surface area contributed by atoms with Gasteiger partial charge in [-0.15, -0.1) is 0 Å². The maximum absolute atomic E-state index is 14.0. The molecular weight excluding hydrogens is 407 g/mol. The van der Waals surface area contributed by atoms with Crippen molar-refractivity contribution in [2.24, 2.45) is 0 Å². The summed E-state index contributed by atoms with van der Waals surface area (Å²) in [5, 5.41) is 2.47. The number of carbonyl (C=O) groups excluding carboxylic acids is 1. The zero-order valence-corrected chi connectivity index (χ0v) is 16.8. The molecule has 28 heavy (non-hydrogen) atoms. The second-order valence-electron chi connectivity index (χ2n) is 6.38. The number of hydrogen-bond acceptors (Lipinski definition) is 4. The van der Waals surface area contributed by atoms with Gasteiger partial charge in [-0.1, -0.05) is 24.1 Å². The summed E-state index contributed by atoms with van der Waals surface area (Å²) in [6.07, 6.45) is 2.58. The molecule has 1 fully saturated rings. The van der Waals surface area contributed by atoms with Gasteiger partial charge < -0.3 is 10.1 Å². The highest BCUT2D eigenvalue weighted by Crippen LogP contribution is 2.31.